The highest BCUT2D eigenvalue weighted by Gasteiger charge is 2.15. The quantitative estimate of drug-likeness (QED) is 0.819. The van der Waals surface area contributed by atoms with E-state index in [-0.39, 0.29) is 5.91 Å². The standard InChI is InChI=1S/C19H20N2O2/c1-3-12-21(14-16-6-4-15(13-20)5-7-16)19(22)17-8-10-18(23-2)11-9-17/h4-11H,3,12,14H2,1-2H3. The fourth-order valence-corrected chi connectivity index (χ4v) is 2.34. The van der Waals surface area contributed by atoms with Crippen molar-refractivity contribution in [3.63, 3.8) is 0 Å². The molecule has 0 spiro atoms. The molecule has 0 saturated heterocycles. The molecule has 118 valence electrons. The van der Waals surface area contributed by atoms with Crippen molar-refractivity contribution in [1.29, 1.82) is 5.26 Å². The van der Waals surface area contributed by atoms with Crippen LogP contribution < -0.4 is 4.74 Å². The molecule has 0 bridgehead atoms. The molecular formula is C19H20N2O2. The lowest BCUT2D eigenvalue weighted by molar-refractivity contribution is 0.0743. The molecule has 0 unspecified atom stereocenters. The van der Waals surface area contributed by atoms with Crippen LogP contribution in [0.4, 0.5) is 0 Å². The Hall–Kier alpha value is -2.80. The van der Waals surface area contributed by atoms with Gasteiger partial charge in [0.25, 0.3) is 5.91 Å². The van der Waals surface area contributed by atoms with Crippen LogP contribution in [0.15, 0.2) is 48.5 Å². The van der Waals surface area contributed by atoms with E-state index < -0.39 is 0 Å². The first-order valence-electron chi connectivity index (χ1n) is 7.60. The summed E-state index contributed by atoms with van der Waals surface area (Å²) in [4.78, 5) is 14.5. The second-order valence-electron chi connectivity index (χ2n) is 5.26. The molecule has 2 aromatic rings. The summed E-state index contributed by atoms with van der Waals surface area (Å²) < 4.78 is 5.12. The third-order valence-corrected chi connectivity index (χ3v) is 3.57. The first-order valence-corrected chi connectivity index (χ1v) is 7.60. The van der Waals surface area contributed by atoms with Gasteiger partial charge in [0.05, 0.1) is 18.7 Å². The van der Waals surface area contributed by atoms with Gasteiger partial charge in [-0.1, -0.05) is 19.1 Å². The molecule has 2 rings (SSSR count). The Balaban J connectivity index is 2.15. The van der Waals surface area contributed by atoms with Gasteiger partial charge in [0.15, 0.2) is 0 Å². The molecule has 0 radical (unpaired) electrons. The Bertz CT molecular complexity index is 685. The topological polar surface area (TPSA) is 53.3 Å². The van der Waals surface area contributed by atoms with Crippen LogP contribution in [0, 0.1) is 11.3 Å². The number of carbonyl (C=O) groups excluding carboxylic acids is 1. The Morgan fingerprint density at radius 3 is 2.30 bits per heavy atom. The van der Waals surface area contributed by atoms with Crippen LogP contribution in [0.1, 0.15) is 34.8 Å². The minimum absolute atomic E-state index is 0.00105. The normalized spacial score (nSPS) is 9.96. The highest BCUT2D eigenvalue weighted by atomic mass is 16.5. The fraction of sp³-hybridized carbons (Fsp3) is 0.263. The van der Waals surface area contributed by atoms with Crippen molar-refractivity contribution in [3.8, 4) is 11.8 Å². The molecule has 1 amide bonds. The van der Waals surface area contributed by atoms with E-state index in [1.54, 1.807) is 43.5 Å². The summed E-state index contributed by atoms with van der Waals surface area (Å²) in [5.74, 6) is 0.731. The van der Waals surface area contributed by atoms with Gasteiger partial charge in [-0.05, 0) is 48.4 Å². The third-order valence-electron chi connectivity index (χ3n) is 3.57. The van der Waals surface area contributed by atoms with E-state index in [0.29, 0.717) is 24.2 Å². The molecule has 0 heterocycles. The second kappa shape index (κ2) is 8.00. The largest absolute Gasteiger partial charge is 0.497 e. The van der Waals surface area contributed by atoms with Crippen molar-refractivity contribution in [3.05, 3.63) is 65.2 Å². The Morgan fingerprint density at radius 1 is 1.13 bits per heavy atom. The van der Waals surface area contributed by atoms with Crippen molar-refractivity contribution < 1.29 is 9.53 Å². The van der Waals surface area contributed by atoms with Crippen LogP contribution >= 0.6 is 0 Å². The first kappa shape index (κ1) is 16.6. The molecular weight excluding hydrogens is 288 g/mol. The summed E-state index contributed by atoms with van der Waals surface area (Å²) in [7, 11) is 1.60. The smallest absolute Gasteiger partial charge is 0.254 e. The van der Waals surface area contributed by atoms with Crippen LogP contribution in [0.2, 0.25) is 0 Å². The van der Waals surface area contributed by atoms with E-state index in [9.17, 15) is 4.79 Å². The van der Waals surface area contributed by atoms with Crippen molar-refractivity contribution in [2.75, 3.05) is 13.7 Å². The maximum atomic E-state index is 12.7. The van der Waals surface area contributed by atoms with Crippen LogP contribution in [-0.4, -0.2) is 24.5 Å². The number of nitriles is 1. The van der Waals surface area contributed by atoms with Crippen LogP contribution in [0.3, 0.4) is 0 Å². The van der Waals surface area contributed by atoms with Gasteiger partial charge in [-0.2, -0.15) is 5.26 Å². The third kappa shape index (κ3) is 4.33. The highest BCUT2D eigenvalue weighted by Crippen LogP contribution is 2.15. The average molecular weight is 308 g/mol. The van der Waals surface area contributed by atoms with Gasteiger partial charge >= 0.3 is 0 Å². The highest BCUT2D eigenvalue weighted by molar-refractivity contribution is 5.94. The number of methoxy groups -OCH3 is 1. The summed E-state index contributed by atoms with van der Waals surface area (Å²) in [6, 6.07) is 16.6. The number of ether oxygens (including phenoxy) is 1. The Labute approximate surface area is 136 Å². The van der Waals surface area contributed by atoms with Crippen LogP contribution in [-0.2, 0) is 6.54 Å². The van der Waals surface area contributed by atoms with Gasteiger partial charge in [-0.25, -0.2) is 0 Å². The second-order valence-corrected chi connectivity index (χ2v) is 5.26. The molecule has 2 aromatic carbocycles. The average Bonchev–Trinajstić information content (AvgIpc) is 2.61. The maximum absolute atomic E-state index is 12.7. The monoisotopic (exact) mass is 308 g/mol. The molecule has 0 aliphatic carbocycles. The Morgan fingerprint density at radius 2 is 1.78 bits per heavy atom. The molecule has 0 fully saturated rings. The number of nitrogens with zero attached hydrogens (tertiary/aromatic N) is 2. The van der Waals surface area contributed by atoms with Crippen molar-refractivity contribution in [2.45, 2.75) is 19.9 Å². The SMILES string of the molecule is CCCN(Cc1ccc(C#N)cc1)C(=O)c1ccc(OC)cc1. The predicted octanol–water partition coefficient (Wildman–Crippen LogP) is 3.62. The van der Waals surface area contributed by atoms with E-state index >= 15 is 0 Å². The molecule has 0 aromatic heterocycles. The zero-order valence-electron chi connectivity index (χ0n) is 13.5. The molecule has 4 heteroatoms. The zero-order chi connectivity index (χ0) is 16.7. The summed E-state index contributed by atoms with van der Waals surface area (Å²) in [6.07, 6.45) is 0.887. The molecule has 0 saturated carbocycles. The summed E-state index contributed by atoms with van der Waals surface area (Å²) in [6.45, 7) is 3.27. The number of hydrogen-bond acceptors (Lipinski definition) is 3. The Kier molecular flexibility index (Phi) is 5.76. The number of rotatable bonds is 6. The van der Waals surface area contributed by atoms with Crippen LogP contribution in [0.5, 0.6) is 5.75 Å². The van der Waals surface area contributed by atoms with Gasteiger partial charge < -0.3 is 9.64 Å². The van der Waals surface area contributed by atoms with E-state index in [1.807, 2.05) is 24.0 Å². The molecule has 0 aliphatic heterocycles. The maximum Gasteiger partial charge on any atom is 0.254 e. The van der Waals surface area contributed by atoms with Gasteiger partial charge in [-0.15, -0.1) is 0 Å². The number of amides is 1. The van der Waals surface area contributed by atoms with Crippen molar-refractivity contribution in [2.24, 2.45) is 0 Å². The van der Waals surface area contributed by atoms with Gasteiger partial charge in [0, 0.05) is 18.7 Å². The summed E-state index contributed by atoms with van der Waals surface area (Å²) >= 11 is 0. The van der Waals surface area contributed by atoms with Gasteiger partial charge in [0.2, 0.25) is 0 Å². The van der Waals surface area contributed by atoms with E-state index in [1.165, 1.54) is 0 Å². The molecule has 0 aliphatic rings. The van der Waals surface area contributed by atoms with Crippen LogP contribution in [0.25, 0.3) is 0 Å². The van der Waals surface area contributed by atoms with E-state index in [4.69, 9.17) is 10.00 Å². The zero-order valence-corrected chi connectivity index (χ0v) is 13.5. The minimum atomic E-state index is -0.00105. The minimum Gasteiger partial charge on any atom is -0.497 e. The summed E-state index contributed by atoms with van der Waals surface area (Å²) in [5.41, 5.74) is 2.28. The predicted molar refractivity (Wildman–Crippen MR) is 89.2 cm³/mol. The van der Waals surface area contributed by atoms with Gasteiger partial charge in [0.1, 0.15) is 5.75 Å². The number of hydrogen-bond donors (Lipinski definition) is 0. The molecule has 23 heavy (non-hydrogen) atoms. The van der Waals surface area contributed by atoms with Crippen molar-refractivity contribution in [1.82, 2.24) is 4.90 Å². The molecule has 0 atom stereocenters. The van der Waals surface area contributed by atoms with E-state index in [0.717, 1.165) is 17.7 Å². The summed E-state index contributed by atoms with van der Waals surface area (Å²) in [5, 5.41) is 8.85. The number of carbonyl (C=O) groups is 1. The molecule has 4 nitrogen and oxygen atoms in total. The van der Waals surface area contributed by atoms with Crippen molar-refractivity contribution >= 4 is 5.91 Å². The number of benzene rings is 2. The van der Waals surface area contributed by atoms with E-state index in [2.05, 4.69) is 6.07 Å². The fourth-order valence-electron chi connectivity index (χ4n) is 2.34. The lowest BCUT2D eigenvalue weighted by atomic mass is 10.1. The first-order chi connectivity index (χ1) is 11.2. The molecule has 0 N–H and O–H groups in total. The lowest BCUT2D eigenvalue weighted by Crippen LogP contribution is -2.31. The lowest BCUT2D eigenvalue weighted by Gasteiger charge is -2.22. The van der Waals surface area contributed by atoms with Gasteiger partial charge in [-0.3, -0.25) is 4.79 Å².